The van der Waals surface area contributed by atoms with Gasteiger partial charge in [-0.1, -0.05) is 38.5 Å². The molecule has 0 aliphatic carbocycles. The zero-order chi connectivity index (χ0) is 15.3. The normalized spacial score (nSPS) is 12.1. The molecule has 0 atom stereocenters. The molecular formula is C16H22N2O2S. The van der Waals surface area contributed by atoms with Crippen molar-refractivity contribution in [3.8, 4) is 0 Å². The largest absolute Gasteiger partial charge is 0.255 e. The summed E-state index contributed by atoms with van der Waals surface area (Å²) in [7, 11) is -3.49. The number of aromatic nitrogens is 1. The van der Waals surface area contributed by atoms with Gasteiger partial charge in [0.05, 0.1) is 5.52 Å². The molecule has 2 aromatic rings. The Labute approximate surface area is 126 Å². The third kappa shape index (κ3) is 3.41. The maximum Gasteiger partial charge on any atom is 0.245 e. The highest BCUT2D eigenvalue weighted by Crippen LogP contribution is 2.24. The third-order valence-corrected chi connectivity index (χ3v) is 5.38. The molecule has 1 heterocycles. The minimum Gasteiger partial charge on any atom is -0.255 e. The molecule has 1 aromatic heterocycles. The molecular weight excluding hydrogens is 284 g/mol. The second-order valence-electron chi connectivity index (χ2n) is 5.09. The van der Waals surface area contributed by atoms with E-state index >= 15 is 0 Å². The first-order valence-electron chi connectivity index (χ1n) is 7.45. The predicted molar refractivity (Wildman–Crippen MR) is 85.7 cm³/mol. The summed E-state index contributed by atoms with van der Waals surface area (Å²) in [5.41, 5.74) is 0.553. The summed E-state index contributed by atoms with van der Waals surface area (Å²) in [4.78, 5) is 4.57. The van der Waals surface area contributed by atoms with Gasteiger partial charge in [-0.05, 0) is 25.0 Å². The van der Waals surface area contributed by atoms with Crippen molar-refractivity contribution in [3.63, 3.8) is 0 Å². The smallest absolute Gasteiger partial charge is 0.245 e. The number of para-hydroxylation sites is 1. The van der Waals surface area contributed by atoms with Crippen LogP contribution in [0.2, 0.25) is 0 Å². The van der Waals surface area contributed by atoms with Crippen LogP contribution in [-0.4, -0.2) is 30.8 Å². The number of nitrogens with zero attached hydrogens (tertiary/aromatic N) is 2. The van der Waals surface area contributed by atoms with E-state index in [2.05, 4.69) is 11.9 Å². The summed E-state index contributed by atoms with van der Waals surface area (Å²) in [5.74, 6) is 0. The van der Waals surface area contributed by atoms with Crippen LogP contribution in [-0.2, 0) is 10.0 Å². The molecule has 4 nitrogen and oxygen atoms in total. The van der Waals surface area contributed by atoms with Gasteiger partial charge in [-0.2, -0.15) is 4.31 Å². The molecule has 0 saturated carbocycles. The first kappa shape index (κ1) is 15.9. The first-order chi connectivity index (χ1) is 10.1. The molecule has 0 radical (unpaired) electrons. The van der Waals surface area contributed by atoms with Crippen LogP contribution in [0.15, 0.2) is 41.4 Å². The molecule has 1 aromatic carbocycles. The summed E-state index contributed by atoms with van der Waals surface area (Å²) in [6.07, 6.45) is 4.29. The Morgan fingerprint density at radius 2 is 1.81 bits per heavy atom. The minimum atomic E-state index is -3.49. The molecule has 0 bridgehead atoms. The van der Waals surface area contributed by atoms with E-state index < -0.39 is 10.0 Å². The van der Waals surface area contributed by atoms with Crippen LogP contribution in [0.5, 0.6) is 0 Å². The van der Waals surface area contributed by atoms with Crippen LogP contribution >= 0.6 is 0 Å². The molecule has 0 amide bonds. The number of unbranched alkanes of at least 4 members (excludes halogenated alkanes) is 1. The lowest BCUT2D eigenvalue weighted by atomic mass is 10.2. The standard InChI is InChI=1S/C16H22N2O2S/c1-3-5-13-18(12-4-2)21(19,20)15-10-6-8-14-9-7-11-17-16(14)15/h6-11H,3-5,12-13H2,1-2H3. The summed E-state index contributed by atoms with van der Waals surface area (Å²) in [6.45, 7) is 5.17. The third-order valence-electron chi connectivity index (χ3n) is 3.45. The van der Waals surface area contributed by atoms with Gasteiger partial charge in [0.25, 0.3) is 0 Å². The van der Waals surface area contributed by atoms with E-state index in [4.69, 9.17) is 0 Å². The fourth-order valence-electron chi connectivity index (χ4n) is 2.36. The van der Waals surface area contributed by atoms with Crippen molar-refractivity contribution in [1.29, 1.82) is 0 Å². The van der Waals surface area contributed by atoms with Gasteiger partial charge in [0.15, 0.2) is 0 Å². The fourth-order valence-corrected chi connectivity index (χ4v) is 4.10. The summed E-state index contributed by atoms with van der Waals surface area (Å²) < 4.78 is 27.4. The van der Waals surface area contributed by atoms with Crippen molar-refractivity contribution in [2.24, 2.45) is 0 Å². The Morgan fingerprint density at radius 3 is 2.52 bits per heavy atom. The van der Waals surface area contributed by atoms with Crippen LogP contribution in [0, 0.1) is 0 Å². The maximum absolute atomic E-state index is 12.9. The van der Waals surface area contributed by atoms with E-state index in [-0.39, 0.29) is 0 Å². The fraction of sp³-hybridized carbons (Fsp3) is 0.438. The van der Waals surface area contributed by atoms with Crippen LogP contribution in [0.3, 0.4) is 0 Å². The van der Waals surface area contributed by atoms with Gasteiger partial charge in [-0.15, -0.1) is 0 Å². The van der Waals surface area contributed by atoms with Gasteiger partial charge in [0, 0.05) is 24.7 Å². The molecule has 114 valence electrons. The number of hydrogen-bond acceptors (Lipinski definition) is 3. The molecule has 0 aliphatic rings. The summed E-state index contributed by atoms with van der Waals surface area (Å²) in [5, 5.41) is 0.852. The highest BCUT2D eigenvalue weighted by molar-refractivity contribution is 7.89. The molecule has 0 fully saturated rings. The van der Waals surface area contributed by atoms with E-state index in [1.807, 2.05) is 25.1 Å². The average Bonchev–Trinajstić information content (AvgIpc) is 2.50. The van der Waals surface area contributed by atoms with Crippen LogP contribution in [0.25, 0.3) is 10.9 Å². The van der Waals surface area contributed by atoms with Crippen LogP contribution < -0.4 is 0 Å². The molecule has 5 heteroatoms. The number of hydrogen-bond donors (Lipinski definition) is 0. The number of rotatable bonds is 7. The predicted octanol–water partition coefficient (Wildman–Crippen LogP) is 3.44. The van der Waals surface area contributed by atoms with Crippen LogP contribution in [0.4, 0.5) is 0 Å². The zero-order valence-electron chi connectivity index (χ0n) is 12.6. The molecule has 2 rings (SSSR count). The number of pyridine rings is 1. The maximum atomic E-state index is 12.9. The molecule has 21 heavy (non-hydrogen) atoms. The number of fused-ring (bicyclic) bond motifs is 1. The summed E-state index contributed by atoms with van der Waals surface area (Å²) >= 11 is 0. The average molecular weight is 306 g/mol. The Kier molecular flexibility index (Phi) is 5.31. The SMILES string of the molecule is CCCCN(CCC)S(=O)(=O)c1cccc2cccnc12. The molecule has 0 aliphatic heterocycles. The highest BCUT2D eigenvalue weighted by Gasteiger charge is 2.25. The quantitative estimate of drug-likeness (QED) is 0.787. The second kappa shape index (κ2) is 7.00. The Bertz CT molecular complexity index is 693. The van der Waals surface area contributed by atoms with Gasteiger partial charge in [-0.25, -0.2) is 8.42 Å². The lowest BCUT2D eigenvalue weighted by Gasteiger charge is -2.22. The van der Waals surface area contributed by atoms with Crippen molar-refractivity contribution in [3.05, 3.63) is 36.5 Å². The molecule has 0 unspecified atom stereocenters. The lowest BCUT2D eigenvalue weighted by Crippen LogP contribution is -2.33. The number of sulfonamides is 1. The van der Waals surface area contributed by atoms with Gasteiger partial charge in [-0.3, -0.25) is 4.98 Å². The van der Waals surface area contributed by atoms with Gasteiger partial charge in [0.1, 0.15) is 4.90 Å². The monoisotopic (exact) mass is 306 g/mol. The minimum absolute atomic E-state index is 0.310. The van der Waals surface area contributed by atoms with Gasteiger partial charge in [0.2, 0.25) is 10.0 Å². The van der Waals surface area contributed by atoms with Crippen molar-refractivity contribution in [1.82, 2.24) is 9.29 Å². The Balaban J connectivity index is 2.49. The van der Waals surface area contributed by atoms with E-state index in [0.717, 1.165) is 24.6 Å². The van der Waals surface area contributed by atoms with E-state index in [0.29, 0.717) is 23.5 Å². The van der Waals surface area contributed by atoms with Crippen molar-refractivity contribution < 1.29 is 8.42 Å². The lowest BCUT2D eigenvalue weighted by molar-refractivity contribution is 0.403. The van der Waals surface area contributed by atoms with Crippen molar-refractivity contribution in [2.45, 2.75) is 38.0 Å². The first-order valence-corrected chi connectivity index (χ1v) is 8.89. The number of benzene rings is 1. The van der Waals surface area contributed by atoms with E-state index in [1.54, 1.807) is 22.6 Å². The topological polar surface area (TPSA) is 50.3 Å². The van der Waals surface area contributed by atoms with Gasteiger partial charge < -0.3 is 0 Å². The van der Waals surface area contributed by atoms with Crippen molar-refractivity contribution >= 4 is 20.9 Å². The Morgan fingerprint density at radius 1 is 1.05 bits per heavy atom. The molecule has 0 N–H and O–H groups in total. The summed E-state index contributed by atoms with van der Waals surface area (Å²) in [6, 6.07) is 9.02. The molecule has 0 spiro atoms. The second-order valence-corrected chi connectivity index (χ2v) is 7.00. The van der Waals surface area contributed by atoms with Gasteiger partial charge >= 0.3 is 0 Å². The molecule has 0 saturated heterocycles. The van der Waals surface area contributed by atoms with Crippen LogP contribution in [0.1, 0.15) is 33.1 Å². The van der Waals surface area contributed by atoms with Crippen molar-refractivity contribution in [2.75, 3.05) is 13.1 Å². The van der Waals surface area contributed by atoms with E-state index in [9.17, 15) is 8.42 Å². The zero-order valence-corrected chi connectivity index (χ0v) is 13.4. The Hall–Kier alpha value is -1.46. The highest BCUT2D eigenvalue weighted by atomic mass is 32.2. The van der Waals surface area contributed by atoms with E-state index in [1.165, 1.54) is 0 Å².